The largest absolute Gasteiger partial charge is 0.465 e. The van der Waals surface area contributed by atoms with Gasteiger partial charge in [0, 0.05) is 19.6 Å². The fourth-order valence-electron chi connectivity index (χ4n) is 2.80. The lowest BCUT2D eigenvalue weighted by molar-refractivity contribution is -0.151. The highest BCUT2D eigenvalue weighted by atomic mass is 16.5. The van der Waals surface area contributed by atoms with E-state index in [1.165, 1.54) is 0 Å². The van der Waals surface area contributed by atoms with Crippen LogP contribution in [0.5, 0.6) is 0 Å². The maximum absolute atomic E-state index is 12.2. The summed E-state index contributed by atoms with van der Waals surface area (Å²) in [4.78, 5) is 14.6. The van der Waals surface area contributed by atoms with E-state index in [1.807, 2.05) is 13.8 Å². The molecule has 0 saturated carbocycles. The van der Waals surface area contributed by atoms with Crippen molar-refractivity contribution in [3.05, 3.63) is 0 Å². The van der Waals surface area contributed by atoms with E-state index < -0.39 is 5.54 Å². The van der Waals surface area contributed by atoms with Crippen LogP contribution >= 0.6 is 0 Å². The van der Waals surface area contributed by atoms with Crippen molar-refractivity contribution in [3.8, 4) is 0 Å². The molecule has 1 N–H and O–H groups in total. The van der Waals surface area contributed by atoms with Crippen LogP contribution in [0.4, 0.5) is 0 Å². The minimum absolute atomic E-state index is 0.146. The zero-order valence-corrected chi connectivity index (χ0v) is 14.3. The number of carbonyl (C=O) groups is 1. The molecular weight excluding hydrogens is 268 g/mol. The molecule has 1 rings (SSSR count). The summed E-state index contributed by atoms with van der Waals surface area (Å²) in [5.41, 5.74) is -0.600. The van der Waals surface area contributed by atoms with E-state index in [-0.39, 0.29) is 18.2 Å². The van der Waals surface area contributed by atoms with E-state index in [2.05, 4.69) is 31.0 Å². The number of rotatable bonds is 8. The Hall–Kier alpha value is -0.650. The molecule has 0 aromatic rings. The second-order valence-electron chi connectivity index (χ2n) is 6.25. The molecular formula is C16H32N2O3. The van der Waals surface area contributed by atoms with Crippen molar-refractivity contribution in [1.29, 1.82) is 0 Å². The minimum Gasteiger partial charge on any atom is -0.465 e. The molecule has 5 heteroatoms. The van der Waals surface area contributed by atoms with Gasteiger partial charge in [-0.15, -0.1) is 0 Å². The molecule has 0 aliphatic carbocycles. The van der Waals surface area contributed by atoms with Crippen molar-refractivity contribution >= 4 is 5.97 Å². The van der Waals surface area contributed by atoms with Crippen LogP contribution in [0.15, 0.2) is 0 Å². The predicted octanol–water partition coefficient (Wildman–Crippen LogP) is 1.81. The third-order valence-corrected chi connectivity index (χ3v) is 3.91. The molecule has 0 aromatic carbocycles. The minimum atomic E-state index is -0.600. The summed E-state index contributed by atoms with van der Waals surface area (Å²) in [6, 6.07) is 0. The third kappa shape index (κ3) is 5.93. The Labute approximate surface area is 129 Å². The number of hydrogen-bond acceptors (Lipinski definition) is 5. The van der Waals surface area contributed by atoms with Gasteiger partial charge < -0.3 is 14.8 Å². The topological polar surface area (TPSA) is 50.8 Å². The van der Waals surface area contributed by atoms with E-state index in [0.29, 0.717) is 6.61 Å². The number of esters is 1. The molecule has 5 nitrogen and oxygen atoms in total. The molecule has 0 aromatic heterocycles. The molecule has 1 unspecified atom stereocenters. The number of nitrogens with one attached hydrogen (secondary N) is 1. The van der Waals surface area contributed by atoms with Gasteiger partial charge in [-0.25, -0.2) is 0 Å². The van der Waals surface area contributed by atoms with Gasteiger partial charge in [0.1, 0.15) is 5.54 Å². The van der Waals surface area contributed by atoms with Crippen LogP contribution < -0.4 is 5.32 Å². The number of nitrogens with zero attached hydrogens (tertiary/aromatic N) is 1. The summed E-state index contributed by atoms with van der Waals surface area (Å²) in [7, 11) is 0. The maximum atomic E-state index is 12.2. The van der Waals surface area contributed by atoms with Crippen molar-refractivity contribution in [2.24, 2.45) is 0 Å². The molecule has 0 spiro atoms. The first-order valence-corrected chi connectivity index (χ1v) is 8.21. The van der Waals surface area contributed by atoms with Gasteiger partial charge in [-0.2, -0.15) is 0 Å². The summed E-state index contributed by atoms with van der Waals surface area (Å²) in [6.45, 7) is 14.1. The van der Waals surface area contributed by atoms with Gasteiger partial charge in [-0.1, -0.05) is 6.92 Å². The monoisotopic (exact) mass is 300 g/mol. The lowest BCUT2D eigenvalue weighted by Crippen LogP contribution is -2.54. The Balaban J connectivity index is 2.57. The molecule has 124 valence electrons. The second kappa shape index (κ2) is 8.71. The Morgan fingerprint density at radius 3 is 2.48 bits per heavy atom. The first kappa shape index (κ1) is 18.4. The molecule has 1 aliphatic heterocycles. The van der Waals surface area contributed by atoms with E-state index in [1.54, 1.807) is 0 Å². The molecule has 21 heavy (non-hydrogen) atoms. The quantitative estimate of drug-likeness (QED) is 0.693. The third-order valence-electron chi connectivity index (χ3n) is 3.91. The van der Waals surface area contributed by atoms with Crippen molar-refractivity contribution < 1.29 is 14.3 Å². The molecule has 1 fully saturated rings. The van der Waals surface area contributed by atoms with Crippen LogP contribution in [0.1, 0.15) is 47.5 Å². The van der Waals surface area contributed by atoms with E-state index in [0.717, 1.165) is 39.0 Å². The first-order chi connectivity index (χ1) is 9.91. The standard InChI is InChI=1S/C16H32N2O3/c1-6-9-17-16(5,15(19)20-7-2)8-10-18-11-13(3)21-14(4)12-18/h13-14,17H,6-12H2,1-5H3/t13-,14+,16?. The molecule has 0 radical (unpaired) electrons. The fourth-order valence-corrected chi connectivity index (χ4v) is 2.80. The average Bonchev–Trinajstić information content (AvgIpc) is 2.42. The molecule has 1 heterocycles. The molecule has 0 bridgehead atoms. The highest BCUT2D eigenvalue weighted by molar-refractivity contribution is 5.80. The van der Waals surface area contributed by atoms with Crippen molar-refractivity contribution in [2.45, 2.75) is 65.2 Å². The zero-order valence-electron chi connectivity index (χ0n) is 14.3. The van der Waals surface area contributed by atoms with Crippen LogP contribution in [0.3, 0.4) is 0 Å². The fraction of sp³-hybridized carbons (Fsp3) is 0.938. The Bertz CT molecular complexity index is 315. The Morgan fingerprint density at radius 1 is 1.33 bits per heavy atom. The highest BCUT2D eigenvalue weighted by Gasteiger charge is 2.35. The van der Waals surface area contributed by atoms with Gasteiger partial charge in [-0.05, 0) is 47.1 Å². The summed E-state index contributed by atoms with van der Waals surface area (Å²) < 4.78 is 11.0. The second-order valence-corrected chi connectivity index (χ2v) is 6.25. The van der Waals surface area contributed by atoms with Crippen molar-refractivity contribution in [2.75, 3.05) is 32.8 Å². The molecule has 3 atom stereocenters. The SMILES string of the molecule is CCCNC(C)(CCN1C[C@@H](C)O[C@@H](C)C1)C(=O)OCC. The van der Waals surface area contributed by atoms with E-state index in [4.69, 9.17) is 9.47 Å². The van der Waals surface area contributed by atoms with Gasteiger partial charge in [-0.3, -0.25) is 9.69 Å². The average molecular weight is 300 g/mol. The van der Waals surface area contributed by atoms with Gasteiger partial charge >= 0.3 is 5.97 Å². The Morgan fingerprint density at radius 2 is 1.95 bits per heavy atom. The van der Waals surface area contributed by atoms with Crippen LogP contribution in [0, 0.1) is 0 Å². The lowest BCUT2D eigenvalue weighted by atomic mass is 9.96. The van der Waals surface area contributed by atoms with Crippen LogP contribution in [0.25, 0.3) is 0 Å². The summed E-state index contributed by atoms with van der Waals surface area (Å²) >= 11 is 0. The van der Waals surface area contributed by atoms with E-state index in [9.17, 15) is 4.79 Å². The van der Waals surface area contributed by atoms with Crippen LogP contribution in [-0.2, 0) is 14.3 Å². The molecule has 0 amide bonds. The smallest absolute Gasteiger partial charge is 0.326 e. The highest BCUT2D eigenvalue weighted by Crippen LogP contribution is 2.17. The first-order valence-electron chi connectivity index (χ1n) is 8.21. The van der Waals surface area contributed by atoms with Crippen LogP contribution in [0.2, 0.25) is 0 Å². The summed E-state index contributed by atoms with van der Waals surface area (Å²) in [5, 5.41) is 3.36. The lowest BCUT2D eigenvalue weighted by Gasteiger charge is -2.37. The Kier molecular flexibility index (Phi) is 7.63. The predicted molar refractivity (Wildman–Crippen MR) is 84.4 cm³/mol. The molecule has 1 saturated heterocycles. The van der Waals surface area contributed by atoms with Crippen molar-refractivity contribution in [3.63, 3.8) is 0 Å². The van der Waals surface area contributed by atoms with Gasteiger partial charge in [0.25, 0.3) is 0 Å². The number of hydrogen-bond donors (Lipinski definition) is 1. The number of morpholine rings is 1. The van der Waals surface area contributed by atoms with Crippen molar-refractivity contribution in [1.82, 2.24) is 10.2 Å². The maximum Gasteiger partial charge on any atom is 0.326 e. The van der Waals surface area contributed by atoms with E-state index >= 15 is 0 Å². The zero-order chi connectivity index (χ0) is 15.9. The van der Waals surface area contributed by atoms with Gasteiger partial charge in [0.2, 0.25) is 0 Å². The summed E-state index contributed by atoms with van der Waals surface area (Å²) in [6.07, 6.45) is 2.27. The normalized spacial score (nSPS) is 26.3. The van der Waals surface area contributed by atoms with Gasteiger partial charge in [0.15, 0.2) is 0 Å². The van der Waals surface area contributed by atoms with Gasteiger partial charge in [0.05, 0.1) is 18.8 Å². The number of ether oxygens (including phenoxy) is 2. The molecule has 1 aliphatic rings. The number of carbonyl (C=O) groups excluding carboxylic acids is 1. The van der Waals surface area contributed by atoms with Crippen LogP contribution in [-0.4, -0.2) is 61.4 Å². The summed E-state index contributed by atoms with van der Waals surface area (Å²) in [5.74, 6) is -0.146.